The summed E-state index contributed by atoms with van der Waals surface area (Å²) in [5, 5.41) is 9.24. The third-order valence-corrected chi connectivity index (χ3v) is 4.33. The molecule has 0 N–H and O–H groups in total. The number of benzene rings is 2. The molecule has 0 spiro atoms. The Morgan fingerprint density at radius 3 is 2.52 bits per heavy atom. The lowest BCUT2D eigenvalue weighted by Crippen LogP contribution is -1.95. The van der Waals surface area contributed by atoms with Crippen LogP contribution >= 0.6 is 11.8 Å². The molecule has 0 aliphatic carbocycles. The lowest BCUT2D eigenvalue weighted by molar-refractivity contribution is 0.628. The van der Waals surface area contributed by atoms with E-state index in [1.807, 2.05) is 29.8 Å². The molecule has 2 aromatic carbocycles. The summed E-state index contributed by atoms with van der Waals surface area (Å²) in [6.07, 6.45) is 4.19. The molecule has 0 saturated heterocycles. The van der Waals surface area contributed by atoms with Gasteiger partial charge in [0.2, 0.25) is 0 Å². The fraction of sp³-hybridized carbons (Fsp3) is 0.111. The van der Waals surface area contributed by atoms with E-state index in [2.05, 4.69) is 34.5 Å². The van der Waals surface area contributed by atoms with E-state index >= 15 is 0 Å². The number of halogens is 1. The van der Waals surface area contributed by atoms with Crippen LogP contribution in [-0.2, 0) is 7.05 Å². The van der Waals surface area contributed by atoms with Crippen LogP contribution in [0.1, 0.15) is 5.56 Å². The molecule has 23 heavy (non-hydrogen) atoms. The van der Waals surface area contributed by atoms with Crippen molar-refractivity contribution in [2.45, 2.75) is 5.16 Å². The Morgan fingerprint density at radius 1 is 1.04 bits per heavy atom. The molecule has 3 nitrogen and oxygen atoms in total. The van der Waals surface area contributed by atoms with Crippen molar-refractivity contribution in [3.63, 3.8) is 0 Å². The Morgan fingerprint density at radius 2 is 1.78 bits per heavy atom. The molecule has 0 amide bonds. The second kappa shape index (κ2) is 7.24. The highest BCUT2D eigenvalue weighted by atomic mass is 32.2. The zero-order valence-electron chi connectivity index (χ0n) is 12.7. The van der Waals surface area contributed by atoms with Crippen molar-refractivity contribution in [1.29, 1.82) is 0 Å². The van der Waals surface area contributed by atoms with E-state index in [4.69, 9.17) is 0 Å². The lowest BCUT2D eigenvalue weighted by Gasteiger charge is -2.02. The van der Waals surface area contributed by atoms with E-state index in [0.717, 1.165) is 22.3 Å². The van der Waals surface area contributed by atoms with Crippen molar-refractivity contribution in [3.05, 3.63) is 72.1 Å². The third-order valence-electron chi connectivity index (χ3n) is 3.36. The second-order valence-electron chi connectivity index (χ2n) is 5.00. The average molecular weight is 325 g/mol. The molecule has 1 aromatic heterocycles. The molecule has 5 heteroatoms. The van der Waals surface area contributed by atoms with Crippen LogP contribution in [0.3, 0.4) is 0 Å². The Kier molecular flexibility index (Phi) is 4.88. The highest BCUT2D eigenvalue weighted by molar-refractivity contribution is 7.99. The van der Waals surface area contributed by atoms with Crippen molar-refractivity contribution in [3.8, 4) is 11.4 Å². The van der Waals surface area contributed by atoms with Crippen LogP contribution in [0.5, 0.6) is 0 Å². The molecule has 0 unspecified atom stereocenters. The number of hydrogen-bond donors (Lipinski definition) is 0. The summed E-state index contributed by atoms with van der Waals surface area (Å²) in [7, 11) is 1.92. The van der Waals surface area contributed by atoms with Gasteiger partial charge in [0, 0.05) is 18.4 Å². The molecule has 3 rings (SSSR count). The zero-order valence-corrected chi connectivity index (χ0v) is 13.5. The van der Waals surface area contributed by atoms with Gasteiger partial charge in [0.25, 0.3) is 0 Å². The van der Waals surface area contributed by atoms with Crippen LogP contribution in [0.2, 0.25) is 0 Å². The van der Waals surface area contributed by atoms with Crippen molar-refractivity contribution in [2.24, 2.45) is 7.05 Å². The Bertz CT molecular complexity index is 795. The standard InChI is InChI=1S/C18H16FN3S/c1-22-17(15-9-11-16(19)12-10-15)20-21-18(22)23-13-5-8-14-6-3-2-4-7-14/h2-12H,13H2,1H3/b8-5+. The van der Waals surface area contributed by atoms with Gasteiger partial charge in [-0.15, -0.1) is 10.2 Å². The molecule has 0 fully saturated rings. The molecule has 0 aliphatic rings. The van der Waals surface area contributed by atoms with Gasteiger partial charge in [-0.25, -0.2) is 4.39 Å². The fourth-order valence-electron chi connectivity index (χ4n) is 2.16. The molecule has 0 saturated carbocycles. The Balaban J connectivity index is 1.65. The van der Waals surface area contributed by atoms with Crippen LogP contribution in [0, 0.1) is 5.82 Å². The Hall–Kier alpha value is -2.40. The molecule has 1 heterocycles. The summed E-state index contributed by atoms with van der Waals surface area (Å²) < 4.78 is 14.9. The maximum Gasteiger partial charge on any atom is 0.191 e. The number of rotatable bonds is 5. The van der Waals surface area contributed by atoms with Gasteiger partial charge in [0.15, 0.2) is 11.0 Å². The number of aromatic nitrogens is 3. The minimum atomic E-state index is -0.253. The van der Waals surface area contributed by atoms with Gasteiger partial charge in [-0.3, -0.25) is 0 Å². The van der Waals surface area contributed by atoms with Gasteiger partial charge in [0.1, 0.15) is 5.82 Å². The third kappa shape index (κ3) is 3.87. The SMILES string of the molecule is Cn1c(SC/C=C/c2ccccc2)nnc1-c1ccc(F)cc1. The molecule has 0 atom stereocenters. The summed E-state index contributed by atoms with van der Waals surface area (Å²) >= 11 is 1.61. The van der Waals surface area contributed by atoms with Crippen LogP contribution in [0.15, 0.2) is 65.8 Å². The first kappa shape index (κ1) is 15.5. The van der Waals surface area contributed by atoms with E-state index < -0.39 is 0 Å². The number of hydrogen-bond acceptors (Lipinski definition) is 3. The minimum absolute atomic E-state index is 0.253. The minimum Gasteiger partial charge on any atom is -0.305 e. The van der Waals surface area contributed by atoms with E-state index in [0.29, 0.717) is 0 Å². The summed E-state index contributed by atoms with van der Waals surface area (Å²) in [6.45, 7) is 0. The molecule has 116 valence electrons. The normalized spacial score (nSPS) is 11.2. The van der Waals surface area contributed by atoms with Gasteiger partial charge in [-0.2, -0.15) is 0 Å². The summed E-state index contributed by atoms with van der Waals surface area (Å²) in [5.74, 6) is 1.29. The van der Waals surface area contributed by atoms with Crippen LogP contribution in [0.4, 0.5) is 4.39 Å². The average Bonchev–Trinajstić information content (AvgIpc) is 2.94. The molecular weight excluding hydrogens is 309 g/mol. The molecule has 0 bridgehead atoms. The van der Waals surface area contributed by atoms with Crippen molar-refractivity contribution >= 4 is 17.8 Å². The van der Waals surface area contributed by atoms with Gasteiger partial charge < -0.3 is 4.57 Å². The Labute approximate surface area is 138 Å². The first-order chi connectivity index (χ1) is 11.2. The zero-order chi connectivity index (χ0) is 16.1. The monoisotopic (exact) mass is 325 g/mol. The molecule has 0 aliphatic heterocycles. The molecular formula is C18H16FN3S. The highest BCUT2D eigenvalue weighted by Gasteiger charge is 2.10. The maximum atomic E-state index is 13.0. The van der Waals surface area contributed by atoms with Crippen molar-refractivity contribution in [2.75, 3.05) is 5.75 Å². The van der Waals surface area contributed by atoms with Gasteiger partial charge in [-0.1, -0.05) is 54.2 Å². The van der Waals surface area contributed by atoms with E-state index in [1.54, 1.807) is 23.9 Å². The van der Waals surface area contributed by atoms with Crippen LogP contribution < -0.4 is 0 Å². The number of thioether (sulfide) groups is 1. The van der Waals surface area contributed by atoms with Crippen molar-refractivity contribution in [1.82, 2.24) is 14.8 Å². The summed E-state index contributed by atoms with van der Waals surface area (Å²) in [6, 6.07) is 16.5. The molecule has 0 radical (unpaired) electrons. The largest absolute Gasteiger partial charge is 0.305 e. The first-order valence-electron chi connectivity index (χ1n) is 7.24. The quantitative estimate of drug-likeness (QED) is 0.650. The van der Waals surface area contributed by atoms with E-state index in [1.165, 1.54) is 17.7 Å². The first-order valence-corrected chi connectivity index (χ1v) is 8.22. The van der Waals surface area contributed by atoms with Gasteiger partial charge >= 0.3 is 0 Å². The summed E-state index contributed by atoms with van der Waals surface area (Å²) in [4.78, 5) is 0. The summed E-state index contributed by atoms with van der Waals surface area (Å²) in [5.41, 5.74) is 2.03. The topological polar surface area (TPSA) is 30.7 Å². The van der Waals surface area contributed by atoms with Gasteiger partial charge in [-0.05, 0) is 29.8 Å². The predicted molar refractivity (Wildman–Crippen MR) is 92.6 cm³/mol. The van der Waals surface area contributed by atoms with E-state index in [-0.39, 0.29) is 5.82 Å². The van der Waals surface area contributed by atoms with Crippen LogP contribution in [-0.4, -0.2) is 20.5 Å². The lowest BCUT2D eigenvalue weighted by atomic mass is 10.2. The van der Waals surface area contributed by atoms with Crippen LogP contribution in [0.25, 0.3) is 17.5 Å². The highest BCUT2D eigenvalue weighted by Crippen LogP contribution is 2.23. The smallest absolute Gasteiger partial charge is 0.191 e. The van der Waals surface area contributed by atoms with Crippen molar-refractivity contribution < 1.29 is 4.39 Å². The predicted octanol–water partition coefficient (Wildman–Crippen LogP) is 4.43. The maximum absolute atomic E-state index is 13.0. The van der Waals surface area contributed by atoms with Gasteiger partial charge in [0.05, 0.1) is 0 Å². The molecule has 3 aromatic rings. The fourth-order valence-corrected chi connectivity index (χ4v) is 2.88. The van der Waals surface area contributed by atoms with E-state index in [9.17, 15) is 4.39 Å². The second-order valence-corrected chi connectivity index (χ2v) is 5.98. The number of nitrogens with zero attached hydrogens (tertiary/aromatic N) is 3.